The molecule has 2 aromatic rings. The summed E-state index contributed by atoms with van der Waals surface area (Å²) in [6, 6.07) is 18.0. The normalized spacial score (nSPS) is 10.3. The number of hydrogen-bond donors (Lipinski definition) is 1. The SMILES string of the molecule is O=C(CCCSCc1ccccc1)Nc1ccc(Br)cc1. The molecule has 0 heterocycles. The van der Waals surface area contributed by atoms with Crippen LogP contribution in [-0.2, 0) is 10.5 Å². The number of rotatable bonds is 7. The number of carbonyl (C=O) groups is 1. The van der Waals surface area contributed by atoms with Crippen LogP contribution in [0.2, 0.25) is 0 Å². The fourth-order valence-corrected chi connectivity index (χ4v) is 3.04. The Morgan fingerprint density at radius 1 is 1.05 bits per heavy atom. The first-order valence-corrected chi connectivity index (χ1v) is 8.86. The van der Waals surface area contributed by atoms with Crippen molar-refractivity contribution < 1.29 is 4.79 Å². The highest BCUT2D eigenvalue weighted by atomic mass is 79.9. The van der Waals surface area contributed by atoms with Gasteiger partial charge in [-0.05, 0) is 42.0 Å². The third kappa shape index (κ3) is 6.36. The van der Waals surface area contributed by atoms with Gasteiger partial charge >= 0.3 is 0 Å². The summed E-state index contributed by atoms with van der Waals surface area (Å²) < 4.78 is 1.01. The number of halogens is 1. The van der Waals surface area contributed by atoms with Crippen LogP contribution in [0, 0.1) is 0 Å². The lowest BCUT2D eigenvalue weighted by atomic mass is 10.2. The molecule has 4 heteroatoms. The van der Waals surface area contributed by atoms with Gasteiger partial charge in [-0.15, -0.1) is 0 Å². The summed E-state index contributed by atoms with van der Waals surface area (Å²) in [7, 11) is 0. The van der Waals surface area contributed by atoms with Crippen LogP contribution < -0.4 is 5.32 Å². The van der Waals surface area contributed by atoms with Crippen molar-refractivity contribution in [2.75, 3.05) is 11.1 Å². The highest BCUT2D eigenvalue weighted by Crippen LogP contribution is 2.16. The highest BCUT2D eigenvalue weighted by Gasteiger charge is 2.02. The van der Waals surface area contributed by atoms with Gasteiger partial charge in [-0.2, -0.15) is 11.8 Å². The Hall–Kier alpha value is -1.26. The van der Waals surface area contributed by atoms with Gasteiger partial charge < -0.3 is 5.32 Å². The van der Waals surface area contributed by atoms with Crippen molar-refractivity contribution in [1.29, 1.82) is 0 Å². The minimum absolute atomic E-state index is 0.0811. The van der Waals surface area contributed by atoms with Crippen LogP contribution in [-0.4, -0.2) is 11.7 Å². The fourth-order valence-electron chi connectivity index (χ4n) is 1.86. The molecule has 0 atom stereocenters. The first kappa shape index (κ1) is 16.1. The van der Waals surface area contributed by atoms with E-state index in [0.717, 1.165) is 28.1 Å². The predicted molar refractivity (Wildman–Crippen MR) is 94.6 cm³/mol. The number of hydrogen-bond acceptors (Lipinski definition) is 2. The molecule has 110 valence electrons. The number of amides is 1. The van der Waals surface area contributed by atoms with Crippen LogP contribution in [0.1, 0.15) is 18.4 Å². The molecular weight excluding hydrogens is 346 g/mol. The molecule has 1 N–H and O–H groups in total. The van der Waals surface area contributed by atoms with E-state index in [2.05, 4.69) is 45.5 Å². The molecule has 2 rings (SSSR count). The van der Waals surface area contributed by atoms with Crippen LogP contribution in [0.3, 0.4) is 0 Å². The summed E-state index contributed by atoms with van der Waals surface area (Å²) in [4.78, 5) is 11.8. The van der Waals surface area contributed by atoms with E-state index >= 15 is 0 Å². The van der Waals surface area contributed by atoms with Crippen molar-refractivity contribution >= 4 is 39.3 Å². The molecule has 0 aliphatic carbocycles. The predicted octanol–water partition coefficient (Wildman–Crippen LogP) is 5.10. The average Bonchev–Trinajstić information content (AvgIpc) is 2.50. The Labute approximate surface area is 138 Å². The number of benzene rings is 2. The van der Waals surface area contributed by atoms with Crippen LogP contribution in [0.15, 0.2) is 59.1 Å². The molecule has 0 saturated carbocycles. The minimum Gasteiger partial charge on any atom is -0.326 e. The summed E-state index contributed by atoms with van der Waals surface area (Å²) in [5, 5.41) is 2.91. The lowest BCUT2D eigenvalue weighted by molar-refractivity contribution is -0.116. The van der Waals surface area contributed by atoms with Crippen molar-refractivity contribution in [1.82, 2.24) is 0 Å². The zero-order valence-electron chi connectivity index (χ0n) is 11.7. The quantitative estimate of drug-likeness (QED) is 0.693. The molecule has 2 aromatic carbocycles. The summed E-state index contributed by atoms with van der Waals surface area (Å²) in [5.41, 5.74) is 2.18. The number of carbonyl (C=O) groups excluding carboxylic acids is 1. The molecule has 0 fully saturated rings. The molecule has 21 heavy (non-hydrogen) atoms. The highest BCUT2D eigenvalue weighted by molar-refractivity contribution is 9.10. The van der Waals surface area contributed by atoms with Gasteiger partial charge in [-0.1, -0.05) is 46.3 Å². The van der Waals surface area contributed by atoms with E-state index in [1.54, 1.807) is 0 Å². The minimum atomic E-state index is 0.0811. The molecule has 0 aliphatic heterocycles. The molecule has 0 unspecified atom stereocenters. The molecule has 0 saturated heterocycles. The zero-order chi connectivity index (χ0) is 14.9. The maximum atomic E-state index is 11.8. The third-order valence-electron chi connectivity index (χ3n) is 2.93. The van der Waals surface area contributed by atoms with Gasteiger partial charge in [0.2, 0.25) is 5.91 Å². The molecule has 0 spiro atoms. The number of nitrogens with one attached hydrogen (secondary N) is 1. The van der Waals surface area contributed by atoms with Gasteiger partial charge in [-0.25, -0.2) is 0 Å². The second-order valence-electron chi connectivity index (χ2n) is 4.70. The van der Waals surface area contributed by atoms with Gasteiger partial charge in [0.15, 0.2) is 0 Å². The van der Waals surface area contributed by atoms with Crippen molar-refractivity contribution in [3.8, 4) is 0 Å². The van der Waals surface area contributed by atoms with Gasteiger partial charge in [0.25, 0.3) is 0 Å². The second kappa shape index (κ2) is 8.90. The lowest BCUT2D eigenvalue weighted by Crippen LogP contribution is -2.11. The maximum Gasteiger partial charge on any atom is 0.224 e. The van der Waals surface area contributed by atoms with E-state index in [4.69, 9.17) is 0 Å². The van der Waals surface area contributed by atoms with E-state index in [1.165, 1.54) is 5.56 Å². The number of thioether (sulfide) groups is 1. The third-order valence-corrected chi connectivity index (χ3v) is 4.58. The summed E-state index contributed by atoms with van der Waals surface area (Å²) >= 11 is 5.25. The Morgan fingerprint density at radius 3 is 2.48 bits per heavy atom. The molecular formula is C17H18BrNOS. The van der Waals surface area contributed by atoms with Gasteiger partial charge in [0.1, 0.15) is 0 Å². The second-order valence-corrected chi connectivity index (χ2v) is 6.72. The van der Waals surface area contributed by atoms with E-state index in [-0.39, 0.29) is 5.91 Å². The van der Waals surface area contributed by atoms with Gasteiger partial charge in [-0.3, -0.25) is 4.79 Å². The standard InChI is InChI=1S/C17H18BrNOS/c18-15-8-10-16(11-9-15)19-17(20)7-4-12-21-13-14-5-2-1-3-6-14/h1-3,5-6,8-11H,4,7,12-13H2,(H,19,20). The van der Waals surface area contributed by atoms with Crippen molar-refractivity contribution in [3.63, 3.8) is 0 Å². The average molecular weight is 364 g/mol. The van der Waals surface area contributed by atoms with Crippen LogP contribution in [0.5, 0.6) is 0 Å². The van der Waals surface area contributed by atoms with E-state index in [9.17, 15) is 4.79 Å². The first-order chi connectivity index (χ1) is 10.2. The molecule has 2 nitrogen and oxygen atoms in total. The molecule has 0 bridgehead atoms. The summed E-state index contributed by atoms with van der Waals surface area (Å²) in [5.74, 6) is 2.09. The van der Waals surface area contributed by atoms with Crippen molar-refractivity contribution in [2.45, 2.75) is 18.6 Å². The van der Waals surface area contributed by atoms with Gasteiger partial charge in [0, 0.05) is 22.3 Å². The van der Waals surface area contributed by atoms with Gasteiger partial charge in [0.05, 0.1) is 0 Å². The Balaban J connectivity index is 1.60. The lowest BCUT2D eigenvalue weighted by Gasteiger charge is -2.05. The smallest absolute Gasteiger partial charge is 0.224 e. The van der Waals surface area contributed by atoms with Crippen molar-refractivity contribution in [3.05, 3.63) is 64.6 Å². The first-order valence-electron chi connectivity index (χ1n) is 6.91. The Bertz CT molecular complexity index is 557. The van der Waals surface area contributed by atoms with Crippen molar-refractivity contribution in [2.24, 2.45) is 0 Å². The maximum absolute atomic E-state index is 11.8. The monoisotopic (exact) mass is 363 g/mol. The molecule has 0 aromatic heterocycles. The summed E-state index contributed by atoms with van der Waals surface area (Å²) in [6.07, 6.45) is 1.47. The zero-order valence-corrected chi connectivity index (χ0v) is 14.1. The van der Waals surface area contributed by atoms with E-state index < -0.39 is 0 Å². The van der Waals surface area contributed by atoms with E-state index in [0.29, 0.717) is 6.42 Å². The molecule has 0 aliphatic rings. The Morgan fingerprint density at radius 2 is 1.76 bits per heavy atom. The van der Waals surface area contributed by atoms with Crippen LogP contribution >= 0.6 is 27.7 Å². The molecule has 0 radical (unpaired) electrons. The Kier molecular flexibility index (Phi) is 6.83. The summed E-state index contributed by atoms with van der Waals surface area (Å²) in [6.45, 7) is 0. The van der Waals surface area contributed by atoms with Crippen LogP contribution in [0.4, 0.5) is 5.69 Å². The van der Waals surface area contributed by atoms with Crippen LogP contribution in [0.25, 0.3) is 0 Å². The molecule has 1 amide bonds. The topological polar surface area (TPSA) is 29.1 Å². The number of anilines is 1. The largest absolute Gasteiger partial charge is 0.326 e. The van der Waals surface area contributed by atoms with E-state index in [1.807, 2.05) is 42.1 Å². The fraction of sp³-hybridized carbons (Fsp3) is 0.235.